The van der Waals surface area contributed by atoms with Gasteiger partial charge >= 0.3 is 0 Å². The number of furan rings is 1. The number of piperidine rings is 1. The molecule has 0 radical (unpaired) electrons. The molecule has 0 spiro atoms. The molecule has 2 amide bonds. The third-order valence-electron chi connectivity index (χ3n) is 5.83. The van der Waals surface area contributed by atoms with E-state index in [9.17, 15) is 9.59 Å². The average Bonchev–Trinajstić information content (AvgIpc) is 3.48. The number of carbonyl (C=O) groups excluding carboxylic acids is 2. The first kappa shape index (κ1) is 18.3. The smallest absolute Gasteiger partial charge is 0.289 e. The summed E-state index contributed by atoms with van der Waals surface area (Å²) >= 11 is 1.72. The van der Waals surface area contributed by atoms with Crippen LogP contribution in [0.4, 0.5) is 0 Å². The summed E-state index contributed by atoms with van der Waals surface area (Å²) in [5.41, 5.74) is 0. The molecular weight excluding hydrogens is 360 g/mol. The minimum Gasteiger partial charge on any atom is -0.459 e. The third-order valence-corrected chi connectivity index (χ3v) is 6.79. The van der Waals surface area contributed by atoms with Crippen molar-refractivity contribution < 1.29 is 14.0 Å². The quantitative estimate of drug-likeness (QED) is 0.836. The molecule has 2 atom stereocenters. The monoisotopic (exact) mass is 386 g/mol. The number of carbonyl (C=O) groups is 2. The molecule has 1 aliphatic carbocycles. The summed E-state index contributed by atoms with van der Waals surface area (Å²) in [7, 11) is 0. The van der Waals surface area contributed by atoms with Gasteiger partial charge in [0.2, 0.25) is 5.91 Å². The summed E-state index contributed by atoms with van der Waals surface area (Å²) < 4.78 is 5.23. The number of amides is 2. The molecule has 2 aromatic rings. The number of nitrogens with zero attached hydrogens (tertiary/aromatic N) is 1. The van der Waals surface area contributed by atoms with E-state index in [4.69, 9.17) is 4.42 Å². The summed E-state index contributed by atoms with van der Waals surface area (Å²) in [6.07, 6.45) is 8.03. The van der Waals surface area contributed by atoms with Gasteiger partial charge in [0, 0.05) is 18.0 Å². The predicted octanol–water partition coefficient (Wildman–Crippen LogP) is 4.24. The highest BCUT2D eigenvalue weighted by atomic mass is 32.1. The van der Waals surface area contributed by atoms with E-state index in [1.807, 2.05) is 0 Å². The second-order valence-corrected chi connectivity index (χ2v) is 8.59. The number of hydrogen-bond donors (Lipinski definition) is 1. The molecule has 5 nitrogen and oxygen atoms in total. The van der Waals surface area contributed by atoms with Crippen LogP contribution in [0, 0.1) is 11.8 Å². The molecule has 2 fully saturated rings. The van der Waals surface area contributed by atoms with E-state index >= 15 is 0 Å². The molecule has 1 N–H and O–H groups in total. The molecule has 3 heterocycles. The van der Waals surface area contributed by atoms with Crippen molar-refractivity contribution in [2.45, 2.75) is 44.6 Å². The van der Waals surface area contributed by atoms with Crippen LogP contribution in [0.5, 0.6) is 0 Å². The van der Waals surface area contributed by atoms with Gasteiger partial charge in [-0.1, -0.05) is 18.9 Å². The van der Waals surface area contributed by atoms with Crippen LogP contribution < -0.4 is 5.32 Å². The lowest BCUT2D eigenvalue weighted by atomic mass is 9.93. The van der Waals surface area contributed by atoms with Crippen LogP contribution in [0.15, 0.2) is 40.3 Å². The molecule has 27 heavy (non-hydrogen) atoms. The molecule has 0 unspecified atom stereocenters. The zero-order valence-corrected chi connectivity index (χ0v) is 16.2. The van der Waals surface area contributed by atoms with Gasteiger partial charge in [-0.3, -0.25) is 9.59 Å². The van der Waals surface area contributed by atoms with E-state index < -0.39 is 0 Å². The highest BCUT2D eigenvalue weighted by Crippen LogP contribution is 2.37. The Hall–Kier alpha value is -2.08. The molecule has 1 saturated carbocycles. The molecule has 2 aromatic heterocycles. The van der Waals surface area contributed by atoms with Crippen molar-refractivity contribution >= 4 is 23.2 Å². The van der Waals surface area contributed by atoms with Crippen molar-refractivity contribution in [1.29, 1.82) is 0 Å². The van der Waals surface area contributed by atoms with Gasteiger partial charge < -0.3 is 14.6 Å². The van der Waals surface area contributed by atoms with E-state index in [0.29, 0.717) is 24.8 Å². The maximum atomic E-state index is 13.0. The van der Waals surface area contributed by atoms with Crippen molar-refractivity contribution in [3.8, 4) is 0 Å². The average molecular weight is 387 g/mol. The fourth-order valence-electron chi connectivity index (χ4n) is 4.38. The normalized spacial score (nSPS) is 21.9. The molecule has 2 aliphatic rings. The van der Waals surface area contributed by atoms with Gasteiger partial charge in [0.1, 0.15) is 0 Å². The van der Waals surface area contributed by atoms with Gasteiger partial charge in [-0.15, -0.1) is 11.3 Å². The van der Waals surface area contributed by atoms with Gasteiger partial charge in [-0.25, -0.2) is 0 Å². The number of likely N-dealkylation sites (tertiary alicyclic amines) is 1. The lowest BCUT2D eigenvalue weighted by Crippen LogP contribution is -2.46. The van der Waals surface area contributed by atoms with Crippen LogP contribution in [-0.2, 0) is 4.79 Å². The van der Waals surface area contributed by atoms with Crippen LogP contribution in [0.3, 0.4) is 0 Å². The molecule has 4 rings (SSSR count). The molecular formula is C21H26N2O3S. The molecule has 6 heteroatoms. The summed E-state index contributed by atoms with van der Waals surface area (Å²) in [6, 6.07) is 7.68. The third kappa shape index (κ3) is 4.10. The Morgan fingerprint density at radius 2 is 2.00 bits per heavy atom. The van der Waals surface area contributed by atoms with Crippen LogP contribution >= 0.6 is 11.3 Å². The Bertz CT molecular complexity index is 751. The highest BCUT2D eigenvalue weighted by molar-refractivity contribution is 7.10. The fourth-order valence-corrected chi connectivity index (χ4v) is 5.25. The maximum Gasteiger partial charge on any atom is 0.289 e. The second kappa shape index (κ2) is 8.30. The Labute approximate surface area is 163 Å². The van der Waals surface area contributed by atoms with Gasteiger partial charge in [-0.2, -0.15) is 0 Å². The fraction of sp³-hybridized carbons (Fsp3) is 0.524. The SMILES string of the molecule is O=C(N[C@@H](c1cccs1)C1CCCC1)[C@H]1CCCN(C(=O)c2ccco2)C1. The Morgan fingerprint density at radius 3 is 2.70 bits per heavy atom. The summed E-state index contributed by atoms with van der Waals surface area (Å²) in [4.78, 5) is 28.6. The largest absolute Gasteiger partial charge is 0.459 e. The van der Waals surface area contributed by atoms with Crippen molar-refractivity contribution in [2.24, 2.45) is 11.8 Å². The van der Waals surface area contributed by atoms with E-state index in [0.717, 1.165) is 12.8 Å². The second-order valence-electron chi connectivity index (χ2n) is 7.61. The zero-order valence-electron chi connectivity index (χ0n) is 15.4. The topological polar surface area (TPSA) is 62.6 Å². The zero-order chi connectivity index (χ0) is 18.6. The maximum absolute atomic E-state index is 13.0. The van der Waals surface area contributed by atoms with Crippen LogP contribution in [0.25, 0.3) is 0 Å². The molecule has 1 aliphatic heterocycles. The summed E-state index contributed by atoms with van der Waals surface area (Å²) in [5, 5.41) is 5.41. The van der Waals surface area contributed by atoms with E-state index in [-0.39, 0.29) is 23.8 Å². The lowest BCUT2D eigenvalue weighted by Gasteiger charge is -2.33. The minimum atomic E-state index is -0.151. The Morgan fingerprint density at radius 1 is 1.15 bits per heavy atom. The predicted molar refractivity (Wildman–Crippen MR) is 104 cm³/mol. The van der Waals surface area contributed by atoms with Crippen LogP contribution in [0.1, 0.15) is 60.0 Å². The lowest BCUT2D eigenvalue weighted by molar-refractivity contribution is -0.127. The molecule has 0 aromatic carbocycles. The number of rotatable bonds is 5. The van der Waals surface area contributed by atoms with Crippen molar-refractivity contribution in [2.75, 3.05) is 13.1 Å². The highest BCUT2D eigenvalue weighted by Gasteiger charge is 2.33. The first-order chi connectivity index (χ1) is 13.2. The van der Waals surface area contributed by atoms with E-state index in [2.05, 4.69) is 22.8 Å². The van der Waals surface area contributed by atoms with Crippen molar-refractivity contribution in [1.82, 2.24) is 10.2 Å². The minimum absolute atomic E-state index is 0.0808. The molecule has 0 bridgehead atoms. The van der Waals surface area contributed by atoms with Gasteiger partial charge in [-0.05, 0) is 55.2 Å². The van der Waals surface area contributed by atoms with Gasteiger partial charge in [0.05, 0.1) is 18.2 Å². The standard InChI is InChI=1S/C21H26N2O3S/c24-20(22-19(15-6-1-2-7-15)18-10-5-13-27-18)16-8-3-11-23(14-16)21(25)17-9-4-12-26-17/h4-5,9-10,12-13,15-16,19H,1-3,6-8,11,14H2,(H,22,24)/t16-,19+/m0/s1. The molecule has 144 valence electrons. The summed E-state index contributed by atoms with van der Waals surface area (Å²) in [5.74, 6) is 0.678. The van der Waals surface area contributed by atoms with Gasteiger partial charge in [0.15, 0.2) is 5.76 Å². The summed E-state index contributed by atoms with van der Waals surface area (Å²) in [6.45, 7) is 1.15. The van der Waals surface area contributed by atoms with Crippen LogP contribution in [-0.4, -0.2) is 29.8 Å². The van der Waals surface area contributed by atoms with Crippen molar-refractivity contribution in [3.05, 3.63) is 46.5 Å². The number of hydrogen-bond acceptors (Lipinski definition) is 4. The number of thiophene rings is 1. The first-order valence-electron chi connectivity index (χ1n) is 9.89. The van der Waals surface area contributed by atoms with Crippen LogP contribution in [0.2, 0.25) is 0 Å². The van der Waals surface area contributed by atoms with E-state index in [1.54, 1.807) is 28.4 Å². The van der Waals surface area contributed by atoms with Gasteiger partial charge in [0.25, 0.3) is 5.91 Å². The Kier molecular flexibility index (Phi) is 5.62. The first-order valence-corrected chi connectivity index (χ1v) is 10.8. The number of nitrogens with one attached hydrogen (secondary N) is 1. The van der Waals surface area contributed by atoms with Crippen molar-refractivity contribution in [3.63, 3.8) is 0 Å². The Balaban J connectivity index is 1.42. The van der Waals surface area contributed by atoms with E-state index in [1.165, 1.54) is 36.8 Å². The molecule has 1 saturated heterocycles.